The number of aryl methyl sites for hydroxylation is 1. The summed E-state index contributed by atoms with van der Waals surface area (Å²) in [4.78, 5) is 15.2. The predicted octanol–water partition coefficient (Wildman–Crippen LogP) is 1.12. The number of halogens is 1. The monoisotopic (exact) mass is 280 g/mol. The fourth-order valence-corrected chi connectivity index (χ4v) is 1.50. The highest BCUT2D eigenvalue weighted by molar-refractivity contribution is 14.1. The molecule has 0 aliphatic heterocycles. The van der Waals surface area contributed by atoms with Crippen molar-refractivity contribution in [2.45, 2.75) is 6.92 Å². The topological polar surface area (TPSA) is 44.1 Å². The van der Waals surface area contributed by atoms with Crippen molar-refractivity contribution in [3.63, 3.8) is 0 Å². The van der Waals surface area contributed by atoms with Crippen LogP contribution in [0.2, 0.25) is 0 Å². The zero-order valence-corrected chi connectivity index (χ0v) is 9.25. The number of esters is 1. The lowest BCUT2D eigenvalue weighted by molar-refractivity contribution is 0.0593. The van der Waals surface area contributed by atoms with Gasteiger partial charge in [-0.2, -0.15) is 0 Å². The van der Waals surface area contributed by atoms with Crippen LogP contribution in [-0.2, 0) is 11.8 Å². The quantitative estimate of drug-likeness (QED) is 0.572. The van der Waals surface area contributed by atoms with E-state index in [1.54, 1.807) is 0 Å². The molecule has 1 aromatic rings. The van der Waals surface area contributed by atoms with Crippen molar-refractivity contribution >= 4 is 28.6 Å². The van der Waals surface area contributed by atoms with E-state index >= 15 is 0 Å². The molecule has 0 amide bonds. The van der Waals surface area contributed by atoms with E-state index < -0.39 is 0 Å². The number of carbonyl (C=O) groups excluding carboxylic acids is 1. The smallest absolute Gasteiger partial charge is 0.359 e. The van der Waals surface area contributed by atoms with E-state index in [1.807, 2.05) is 18.5 Å². The number of carbonyl (C=O) groups is 1. The Morgan fingerprint density at radius 1 is 1.67 bits per heavy atom. The van der Waals surface area contributed by atoms with Crippen LogP contribution in [0.3, 0.4) is 0 Å². The number of aromatic nitrogens is 2. The average Bonchev–Trinajstić information content (AvgIpc) is 2.32. The number of hydrogen-bond donors (Lipinski definition) is 0. The van der Waals surface area contributed by atoms with Crippen molar-refractivity contribution in [1.82, 2.24) is 9.55 Å². The number of rotatable bonds is 1. The molecule has 0 radical (unpaired) electrons. The van der Waals surface area contributed by atoms with E-state index in [1.165, 1.54) is 7.11 Å². The van der Waals surface area contributed by atoms with Crippen molar-refractivity contribution in [3.05, 3.63) is 15.2 Å². The summed E-state index contributed by atoms with van der Waals surface area (Å²) in [6.07, 6.45) is 0. The minimum Gasteiger partial charge on any atom is -0.464 e. The average molecular weight is 280 g/mol. The molecule has 0 atom stereocenters. The van der Waals surface area contributed by atoms with E-state index in [2.05, 4.69) is 32.3 Å². The molecule has 0 aromatic carbocycles. The van der Waals surface area contributed by atoms with Crippen LogP contribution >= 0.6 is 22.6 Å². The third-order valence-corrected chi connectivity index (χ3v) is 2.86. The van der Waals surface area contributed by atoms with E-state index in [0.717, 1.165) is 9.53 Å². The molecule has 4 nitrogen and oxygen atoms in total. The number of ether oxygens (including phenoxy) is 1. The largest absolute Gasteiger partial charge is 0.464 e. The number of imidazole rings is 1. The van der Waals surface area contributed by atoms with Crippen molar-refractivity contribution in [1.29, 1.82) is 0 Å². The SMILES string of the molecule is COC(=O)c1nc(C)n(C)c1I. The Bertz CT molecular complexity index is 319. The summed E-state index contributed by atoms with van der Waals surface area (Å²) in [7, 11) is 3.21. The highest BCUT2D eigenvalue weighted by Crippen LogP contribution is 2.13. The van der Waals surface area contributed by atoms with Gasteiger partial charge >= 0.3 is 5.97 Å². The molecule has 66 valence electrons. The van der Waals surface area contributed by atoms with Gasteiger partial charge in [-0.05, 0) is 29.5 Å². The Hall–Kier alpha value is -0.590. The standard InChI is InChI=1S/C7H9IN2O2/c1-4-9-5(7(11)12-3)6(8)10(4)2/h1-3H3. The zero-order chi connectivity index (χ0) is 9.30. The second-order valence-electron chi connectivity index (χ2n) is 2.35. The van der Waals surface area contributed by atoms with Crippen LogP contribution in [0, 0.1) is 10.6 Å². The molecular formula is C7H9IN2O2. The van der Waals surface area contributed by atoms with Crippen LogP contribution in [0.4, 0.5) is 0 Å². The lowest BCUT2D eigenvalue weighted by Crippen LogP contribution is -2.04. The molecule has 5 heteroatoms. The molecule has 1 heterocycles. The fourth-order valence-electron chi connectivity index (χ4n) is 0.810. The Labute approximate surface area is 84.1 Å². The normalized spacial score (nSPS) is 10.0. The molecule has 0 spiro atoms. The number of hydrogen-bond acceptors (Lipinski definition) is 3. The van der Waals surface area contributed by atoms with E-state index in [0.29, 0.717) is 5.69 Å². The molecule has 1 aromatic heterocycles. The molecule has 0 unspecified atom stereocenters. The van der Waals surface area contributed by atoms with Crippen LogP contribution in [-0.4, -0.2) is 22.6 Å². The first kappa shape index (κ1) is 9.50. The van der Waals surface area contributed by atoms with Crippen LogP contribution in [0.1, 0.15) is 16.3 Å². The van der Waals surface area contributed by atoms with E-state index in [-0.39, 0.29) is 5.97 Å². The lowest BCUT2D eigenvalue weighted by Gasteiger charge is -1.95. The summed E-state index contributed by atoms with van der Waals surface area (Å²) >= 11 is 2.06. The zero-order valence-electron chi connectivity index (χ0n) is 7.09. The van der Waals surface area contributed by atoms with E-state index in [4.69, 9.17) is 0 Å². The Balaban J connectivity index is 3.17. The summed E-state index contributed by atoms with van der Waals surface area (Å²) in [5.41, 5.74) is 0.387. The summed E-state index contributed by atoms with van der Waals surface area (Å²) in [5.74, 6) is 0.419. The fraction of sp³-hybridized carbons (Fsp3) is 0.429. The predicted molar refractivity (Wildman–Crippen MR) is 52.0 cm³/mol. The summed E-state index contributed by atoms with van der Waals surface area (Å²) in [6.45, 7) is 1.84. The summed E-state index contributed by atoms with van der Waals surface area (Å²) in [5, 5.41) is 0. The lowest BCUT2D eigenvalue weighted by atomic mass is 10.5. The van der Waals surface area contributed by atoms with Crippen molar-refractivity contribution in [2.24, 2.45) is 7.05 Å². The van der Waals surface area contributed by atoms with Crippen LogP contribution in [0.15, 0.2) is 0 Å². The van der Waals surface area contributed by atoms with Gasteiger partial charge in [-0.15, -0.1) is 0 Å². The molecule has 0 aliphatic carbocycles. The third kappa shape index (κ3) is 1.45. The van der Waals surface area contributed by atoms with E-state index in [9.17, 15) is 4.79 Å². The molecular weight excluding hydrogens is 271 g/mol. The van der Waals surface area contributed by atoms with Gasteiger partial charge in [0.2, 0.25) is 0 Å². The van der Waals surface area contributed by atoms with Crippen LogP contribution in [0.5, 0.6) is 0 Å². The van der Waals surface area contributed by atoms with Crippen molar-refractivity contribution < 1.29 is 9.53 Å². The first-order chi connectivity index (χ1) is 5.57. The molecule has 12 heavy (non-hydrogen) atoms. The van der Waals surface area contributed by atoms with Gasteiger partial charge in [-0.3, -0.25) is 0 Å². The van der Waals surface area contributed by atoms with Gasteiger partial charge in [-0.1, -0.05) is 0 Å². The molecule has 0 saturated carbocycles. The number of methoxy groups -OCH3 is 1. The molecule has 1 rings (SSSR count). The van der Waals surface area contributed by atoms with Gasteiger partial charge in [-0.25, -0.2) is 9.78 Å². The van der Waals surface area contributed by atoms with Gasteiger partial charge in [0.1, 0.15) is 9.53 Å². The van der Waals surface area contributed by atoms with Gasteiger partial charge in [0.25, 0.3) is 0 Å². The molecule has 0 bridgehead atoms. The van der Waals surface area contributed by atoms with Crippen LogP contribution in [0.25, 0.3) is 0 Å². The first-order valence-corrected chi connectivity index (χ1v) is 4.43. The molecule has 0 saturated heterocycles. The van der Waals surface area contributed by atoms with Gasteiger partial charge in [0.05, 0.1) is 7.11 Å². The second-order valence-corrected chi connectivity index (χ2v) is 3.37. The number of nitrogens with zero attached hydrogens (tertiary/aromatic N) is 2. The third-order valence-electron chi connectivity index (χ3n) is 1.63. The second kappa shape index (κ2) is 3.42. The first-order valence-electron chi connectivity index (χ1n) is 3.35. The van der Waals surface area contributed by atoms with Gasteiger partial charge in [0.15, 0.2) is 5.69 Å². The maximum absolute atomic E-state index is 11.1. The molecule has 0 aliphatic rings. The van der Waals surface area contributed by atoms with Crippen molar-refractivity contribution in [3.8, 4) is 0 Å². The Kier molecular flexibility index (Phi) is 2.71. The maximum Gasteiger partial charge on any atom is 0.359 e. The van der Waals surface area contributed by atoms with Crippen LogP contribution < -0.4 is 0 Å². The molecule has 0 fully saturated rings. The minimum absolute atomic E-state index is 0.386. The van der Waals surface area contributed by atoms with Gasteiger partial charge in [0, 0.05) is 7.05 Å². The minimum atomic E-state index is -0.386. The maximum atomic E-state index is 11.1. The highest BCUT2D eigenvalue weighted by Gasteiger charge is 2.16. The Morgan fingerprint density at radius 3 is 2.58 bits per heavy atom. The Morgan fingerprint density at radius 2 is 2.25 bits per heavy atom. The van der Waals surface area contributed by atoms with Gasteiger partial charge < -0.3 is 9.30 Å². The van der Waals surface area contributed by atoms with Crippen molar-refractivity contribution in [2.75, 3.05) is 7.11 Å². The summed E-state index contributed by atoms with van der Waals surface area (Å²) in [6, 6.07) is 0. The summed E-state index contributed by atoms with van der Waals surface area (Å²) < 4.78 is 7.21. The molecule has 0 N–H and O–H groups in total. The highest BCUT2D eigenvalue weighted by atomic mass is 127.